The van der Waals surface area contributed by atoms with Crippen LogP contribution in [0.15, 0.2) is 24.4 Å². The molecule has 0 aliphatic carbocycles. The van der Waals surface area contributed by atoms with Crippen molar-refractivity contribution in [2.45, 2.75) is 26.3 Å². The lowest BCUT2D eigenvalue weighted by Gasteiger charge is -2.10. The number of rotatable bonds is 6. The Kier molecular flexibility index (Phi) is 4.62. The molecule has 2 aromatic rings. The second-order valence-corrected chi connectivity index (χ2v) is 4.85. The largest absolute Gasteiger partial charge is 0.497 e. The van der Waals surface area contributed by atoms with Gasteiger partial charge in [-0.05, 0) is 31.5 Å². The summed E-state index contributed by atoms with van der Waals surface area (Å²) in [5.41, 5.74) is 1.91. The van der Waals surface area contributed by atoms with E-state index in [1.165, 1.54) is 0 Å². The van der Waals surface area contributed by atoms with Crippen molar-refractivity contribution < 1.29 is 14.3 Å². The number of aromatic nitrogens is 2. The molecular weight excluding hydrogens is 268 g/mol. The fraction of sp³-hybridized carbons (Fsp3) is 0.375. The summed E-state index contributed by atoms with van der Waals surface area (Å²) in [5, 5.41) is 4.56. The van der Waals surface area contributed by atoms with Crippen molar-refractivity contribution in [2.75, 3.05) is 14.2 Å². The first-order chi connectivity index (χ1) is 10.1. The SMILES string of the molecule is CCC(C)n1cc(C=O)c(-c2cc(OC)ccc2OC)n1. The predicted octanol–water partition coefficient (Wildman–Crippen LogP) is 3.35. The molecule has 0 saturated heterocycles. The van der Waals surface area contributed by atoms with Gasteiger partial charge in [0.15, 0.2) is 6.29 Å². The zero-order valence-electron chi connectivity index (χ0n) is 12.8. The number of nitrogens with zero attached hydrogens (tertiary/aromatic N) is 2. The van der Waals surface area contributed by atoms with Crippen molar-refractivity contribution >= 4 is 6.29 Å². The second kappa shape index (κ2) is 6.43. The van der Waals surface area contributed by atoms with Crippen LogP contribution in [0.4, 0.5) is 0 Å². The van der Waals surface area contributed by atoms with Gasteiger partial charge in [0.05, 0.1) is 19.8 Å². The third-order valence-electron chi connectivity index (χ3n) is 3.59. The van der Waals surface area contributed by atoms with Crippen LogP contribution < -0.4 is 9.47 Å². The minimum absolute atomic E-state index is 0.231. The third kappa shape index (κ3) is 2.91. The summed E-state index contributed by atoms with van der Waals surface area (Å²) in [6.45, 7) is 4.15. The monoisotopic (exact) mass is 288 g/mol. The van der Waals surface area contributed by atoms with Crippen LogP contribution in [0.5, 0.6) is 11.5 Å². The van der Waals surface area contributed by atoms with E-state index in [0.717, 1.165) is 18.3 Å². The van der Waals surface area contributed by atoms with Crippen LogP contribution in [-0.4, -0.2) is 30.3 Å². The van der Waals surface area contributed by atoms with E-state index in [1.807, 2.05) is 22.9 Å². The van der Waals surface area contributed by atoms with Crippen LogP contribution in [0, 0.1) is 0 Å². The summed E-state index contributed by atoms with van der Waals surface area (Å²) < 4.78 is 12.4. The maximum Gasteiger partial charge on any atom is 0.153 e. The molecule has 0 amide bonds. The Bertz CT molecular complexity index is 634. The number of ether oxygens (including phenoxy) is 2. The van der Waals surface area contributed by atoms with E-state index < -0.39 is 0 Å². The molecule has 0 bridgehead atoms. The van der Waals surface area contributed by atoms with E-state index >= 15 is 0 Å². The lowest BCUT2D eigenvalue weighted by Crippen LogP contribution is -2.04. The molecule has 0 N–H and O–H groups in total. The first-order valence-corrected chi connectivity index (χ1v) is 6.91. The molecule has 5 nitrogen and oxygen atoms in total. The van der Waals surface area contributed by atoms with Crippen LogP contribution in [0.2, 0.25) is 0 Å². The molecule has 0 aliphatic rings. The van der Waals surface area contributed by atoms with Crippen molar-refractivity contribution in [3.63, 3.8) is 0 Å². The van der Waals surface area contributed by atoms with Crippen LogP contribution >= 0.6 is 0 Å². The van der Waals surface area contributed by atoms with E-state index in [0.29, 0.717) is 22.8 Å². The van der Waals surface area contributed by atoms with Gasteiger partial charge < -0.3 is 9.47 Å². The molecule has 21 heavy (non-hydrogen) atoms. The average molecular weight is 288 g/mol. The van der Waals surface area contributed by atoms with Crippen LogP contribution in [-0.2, 0) is 0 Å². The van der Waals surface area contributed by atoms with Gasteiger partial charge in [-0.25, -0.2) is 0 Å². The second-order valence-electron chi connectivity index (χ2n) is 4.85. The molecule has 0 radical (unpaired) electrons. The predicted molar refractivity (Wildman–Crippen MR) is 81.2 cm³/mol. The quantitative estimate of drug-likeness (QED) is 0.765. The summed E-state index contributed by atoms with van der Waals surface area (Å²) in [6.07, 6.45) is 3.53. The fourth-order valence-corrected chi connectivity index (χ4v) is 2.11. The zero-order valence-corrected chi connectivity index (χ0v) is 12.8. The van der Waals surface area contributed by atoms with Gasteiger partial charge in [-0.3, -0.25) is 9.48 Å². The maximum absolute atomic E-state index is 11.4. The van der Waals surface area contributed by atoms with Gasteiger partial charge in [0, 0.05) is 17.8 Å². The topological polar surface area (TPSA) is 53.4 Å². The van der Waals surface area contributed by atoms with Gasteiger partial charge in [-0.15, -0.1) is 0 Å². The van der Waals surface area contributed by atoms with E-state index in [4.69, 9.17) is 9.47 Å². The number of aldehydes is 1. The molecule has 1 atom stereocenters. The molecule has 1 aromatic heterocycles. The fourth-order valence-electron chi connectivity index (χ4n) is 2.11. The van der Waals surface area contributed by atoms with Crippen LogP contribution in [0.25, 0.3) is 11.3 Å². The highest BCUT2D eigenvalue weighted by Crippen LogP contribution is 2.34. The Morgan fingerprint density at radius 3 is 2.67 bits per heavy atom. The van der Waals surface area contributed by atoms with Crippen LogP contribution in [0.1, 0.15) is 36.7 Å². The summed E-state index contributed by atoms with van der Waals surface area (Å²) >= 11 is 0. The summed E-state index contributed by atoms with van der Waals surface area (Å²) in [5.74, 6) is 1.36. The normalized spacial score (nSPS) is 12.0. The van der Waals surface area contributed by atoms with Gasteiger partial charge in [0.2, 0.25) is 0 Å². The van der Waals surface area contributed by atoms with Crippen molar-refractivity contribution in [3.8, 4) is 22.8 Å². The average Bonchev–Trinajstić information content (AvgIpc) is 2.97. The molecular formula is C16H20N2O3. The van der Waals surface area contributed by atoms with E-state index in [2.05, 4.69) is 18.9 Å². The van der Waals surface area contributed by atoms with E-state index in [-0.39, 0.29) is 6.04 Å². The van der Waals surface area contributed by atoms with Gasteiger partial charge in [0.25, 0.3) is 0 Å². The number of hydrogen-bond donors (Lipinski definition) is 0. The number of hydrogen-bond acceptors (Lipinski definition) is 4. The molecule has 1 heterocycles. The summed E-state index contributed by atoms with van der Waals surface area (Å²) in [6, 6.07) is 5.68. The Morgan fingerprint density at radius 1 is 1.33 bits per heavy atom. The minimum atomic E-state index is 0.231. The standard InChI is InChI=1S/C16H20N2O3/c1-5-11(2)18-9-12(10-19)16(17-18)14-8-13(20-3)6-7-15(14)21-4/h6-11H,5H2,1-4H3. The number of carbonyl (C=O) groups excluding carboxylic acids is 1. The van der Waals surface area contributed by atoms with Gasteiger partial charge in [-0.1, -0.05) is 6.92 Å². The lowest BCUT2D eigenvalue weighted by atomic mass is 10.1. The smallest absolute Gasteiger partial charge is 0.153 e. The Balaban J connectivity index is 2.59. The highest BCUT2D eigenvalue weighted by Gasteiger charge is 2.17. The number of methoxy groups -OCH3 is 2. The molecule has 0 fully saturated rings. The van der Waals surface area contributed by atoms with Gasteiger partial charge >= 0.3 is 0 Å². The van der Waals surface area contributed by atoms with Crippen molar-refractivity contribution in [2.24, 2.45) is 0 Å². The number of benzene rings is 1. The molecule has 112 valence electrons. The zero-order chi connectivity index (χ0) is 15.4. The summed E-state index contributed by atoms with van der Waals surface area (Å²) in [4.78, 5) is 11.4. The van der Waals surface area contributed by atoms with Gasteiger partial charge in [0.1, 0.15) is 17.2 Å². The minimum Gasteiger partial charge on any atom is -0.497 e. The Hall–Kier alpha value is -2.30. The Morgan fingerprint density at radius 2 is 2.10 bits per heavy atom. The summed E-state index contributed by atoms with van der Waals surface area (Å²) in [7, 11) is 3.20. The molecule has 0 saturated carbocycles. The molecule has 5 heteroatoms. The van der Waals surface area contributed by atoms with E-state index in [9.17, 15) is 4.79 Å². The molecule has 0 aliphatic heterocycles. The highest BCUT2D eigenvalue weighted by atomic mass is 16.5. The highest BCUT2D eigenvalue weighted by molar-refractivity contribution is 5.87. The van der Waals surface area contributed by atoms with E-state index in [1.54, 1.807) is 20.4 Å². The van der Waals surface area contributed by atoms with Crippen molar-refractivity contribution in [1.29, 1.82) is 0 Å². The van der Waals surface area contributed by atoms with Crippen molar-refractivity contribution in [3.05, 3.63) is 30.0 Å². The van der Waals surface area contributed by atoms with Crippen LogP contribution in [0.3, 0.4) is 0 Å². The molecule has 0 spiro atoms. The maximum atomic E-state index is 11.4. The molecule has 1 unspecified atom stereocenters. The first-order valence-electron chi connectivity index (χ1n) is 6.91. The van der Waals surface area contributed by atoms with Crippen molar-refractivity contribution in [1.82, 2.24) is 9.78 Å². The number of carbonyl (C=O) groups is 1. The van der Waals surface area contributed by atoms with Gasteiger partial charge in [-0.2, -0.15) is 5.10 Å². The molecule has 2 rings (SSSR count). The lowest BCUT2D eigenvalue weighted by molar-refractivity contribution is 0.112. The Labute approximate surface area is 124 Å². The first kappa shape index (κ1) is 15.1. The third-order valence-corrected chi connectivity index (χ3v) is 3.59. The molecule has 1 aromatic carbocycles.